The van der Waals surface area contributed by atoms with Gasteiger partial charge in [-0.25, -0.2) is 13.4 Å². The molecule has 2 fully saturated rings. The van der Waals surface area contributed by atoms with Crippen molar-refractivity contribution in [2.75, 3.05) is 26.0 Å². The number of hydrogen-bond donors (Lipinski definition) is 0. The van der Waals surface area contributed by atoms with Crippen molar-refractivity contribution in [2.45, 2.75) is 57.5 Å². The highest BCUT2D eigenvalue weighted by Gasteiger charge is 2.46. The van der Waals surface area contributed by atoms with E-state index in [9.17, 15) is 13.2 Å². The molecule has 2 aliphatic heterocycles. The minimum absolute atomic E-state index is 0.0435. The maximum Gasteiger partial charge on any atom is 0.226 e. The Morgan fingerprint density at radius 2 is 2.00 bits per heavy atom. The molecule has 3 heterocycles. The fraction of sp³-hybridized carbons (Fsp3) is 0.438. The molecular weight excluding hydrogens is 593 g/mol. The van der Waals surface area contributed by atoms with Crippen molar-refractivity contribution >= 4 is 39.1 Å². The van der Waals surface area contributed by atoms with Crippen LogP contribution in [0.4, 0.5) is 0 Å². The smallest absolute Gasteiger partial charge is 0.226 e. The van der Waals surface area contributed by atoms with Crippen LogP contribution in [0.2, 0.25) is 5.02 Å². The summed E-state index contributed by atoms with van der Waals surface area (Å²) in [5.74, 6) is 0.0283. The van der Waals surface area contributed by atoms with Gasteiger partial charge in [0.25, 0.3) is 0 Å². The third-order valence-electron chi connectivity index (χ3n) is 8.14. The van der Waals surface area contributed by atoms with Crippen LogP contribution in [-0.2, 0) is 21.2 Å². The molecule has 1 aromatic heterocycles. The average molecular weight is 633 g/mol. The van der Waals surface area contributed by atoms with Crippen LogP contribution < -0.4 is 4.74 Å². The first-order chi connectivity index (χ1) is 20.1. The number of nitrogens with zero attached hydrogens (tertiary/aromatic N) is 3. The van der Waals surface area contributed by atoms with Gasteiger partial charge < -0.3 is 9.64 Å². The number of carbonyl (C=O) groups excluding carboxylic acids is 1. The lowest BCUT2D eigenvalue weighted by Gasteiger charge is -2.49. The summed E-state index contributed by atoms with van der Waals surface area (Å²) < 4.78 is 32.5. The minimum atomic E-state index is -3.36. The molecule has 4 atom stereocenters. The Morgan fingerprint density at radius 3 is 2.64 bits per heavy atom. The lowest BCUT2D eigenvalue weighted by Crippen LogP contribution is -2.59. The van der Waals surface area contributed by atoms with E-state index >= 15 is 0 Å². The number of benzene rings is 1. The summed E-state index contributed by atoms with van der Waals surface area (Å²) in [7, 11) is -1.79. The molecule has 0 spiro atoms. The lowest BCUT2D eigenvalue weighted by molar-refractivity contribution is -0.145. The number of rotatable bonds is 11. The lowest BCUT2D eigenvalue weighted by atomic mass is 9.73. The third-order valence-corrected chi connectivity index (χ3v) is 10.6. The molecule has 42 heavy (non-hydrogen) atoms. The number of halogens is 2. The van der Waals surface area contributed by atoms with Crippen molar-refractivity contribution in [3.8, 4) is 5.88 Å². The zero-order chi connectivity index (χ0) is 30.4. The zero-order valence-electron chi connectivity index (χ0n) is 24.4. The van der Waals surface area contributed by atoms with Crippen LogP contribution >= 0.6 is 23.2 Å². The zero-order valence-corrected chi connectivity index (χ0v) is 26.7. The van der Waals surface area contributed by atoms with Crippen molar-refractivity contribution in [3.63, 3.8) is 0 Å². The van der Waals surface area contributed by atoms with Gasteiger partial charge in [0.05, 0.1) is 18.9 Å². The van der Waals surface area contributed by atoms with E-state index in [2.05, 4.69) is 11.6 Å². The summed E-state index contributed by atoms with van der Waals surface area (Å²) in [4.78, 5) is 21.0. The van der Waals surface area contributed by atoms with E-state index in [4.69, 9.17) is 27.9 Å². The summed E-state index contributed by atoms with van der Waals surface area (Å²) in [6.45, 7) is 8.95. The van der Waals surface area contributed by atoms with Gasteiger partial charge in [-0.1, -0.05) is 67.1 Å². The Kier molecular flexibility index (Phi) is 10.9. The number of carbonyl (C=O) groups is 1. The van der Waals surface area contributed by atoms with E-state index in [0.717, 1.165) is 11.3 Å². The fourth-order valence-electron chi connectivity index (χ4n) is 6.01. The molecule has 2 saturated heterocycles. The summed E-state index contributed by atoms with van der Waals surface area (Å²) in [6.07, 6.45) is 7.54. The van der Waals surface area contributed by atoms with Crippen molar-refractivity contribution < 1.29 is 17.9 Å². The van der Waals surface area contributed by atoms with Crippen molar-refractivity contribution in [3.05, 3.63) is 94.2 Å². The molecule has 10 heteroatoms. The van der Waals surface area contributed by atoms with Crippen LogP contribution in [0.15, 0.2) is 77.9 Å². The van der Waals surface area contributed by atoms with Crippen LogP contribution in [0.5, 0.6) is 5.88 Å². The second-order valence-electron chi connectivity index (χ2n) is 10.8. The number of amides is 1. The number of allylic oxidation sites excluding steroid dienone is 3. The highest BCUT2D eigenvalue weighted by molar-refractivity contribution is 7.89. The number of likely N-dealkylation sites (tertiary alicyclic amines) is 1. The summed E-state index contributed by atoms with van der Waals surface area (Å²) >= 11 is 12.8. The number of hydrogen-bond acceptors (Lipinski definition) is 5. The summed E-state index contributed by atoms with van der Waals surface area (Å²) in [5.41, 5.74) is 2.46. The highest BCUT2D eigenvalue weighted by atomic mass is 35.5. The van der Waals surface area contributed by atoms with Gasteiger partial charge in [-0.15, -0.1) is 0 Å². The molecular formula is C32H39Cl2N3O4S. The van der Waals surface area contributed by atoms with Gasteiger partial charge >= 0.3 is 0 Å². The fourth-order valence-corrected chi connectivity index (χ4v) is 7.83. The molecule has 2 aromatic rings. The quantitative estimate of drug-likeness (QED) is 0.270. The first kappa shape index (κ1) is 32.3. The Labute approximate surface area is 259 Å². The van der Waals surface area contributed by atoms with Gasteiger partial charge in [-0.05, 0) is 61.6 Å². The highest BCUT2D eigenvalue weighted by Crippen LogP contribution is 2.43. The Balaban J connectivity index is 1.82. The van der Waals surface area contributed by atoms with Crippen molar-refractivity contribution in [1.82, 2.24) is 14.2 Å². The Bertz CT molecular complexity index is 1460. The first-order valence-corrected chi connectivity index (χ1v) is 16.7. The van der Waals surface area contributed by atoms with Gasteiger partial charge in [0.2, 0.25) is 21.8 Å². The molecule has 0 aliphatic carbocycles. The van der Waals surface area contributed by atoms with E-state index in [-0.39, 0.29) is 30.2 Å². The number of sulfonamides is 1. The van der Waals surface area contributed by atoms with Gasteiger partial charge in [0.1, 0.15) is 0 Å². The molecule has 0 bridgehead atoms. The van der Waals surface area contributed by atoms with Gasteiger partial charge in [-0.2, -0.15) is 4.31 Å². The second-order valence-corrected chi connectivity index (χ2v) is 13.8. The van der Waals surface area contributed by atoms with E-state index in [1.807, 2.05) is 61.2 Å². The maximum atomic E-state index is 14.5. The first-order valence-electron chi connectivity index (χ1n) is 14.3. The molecule has 1 unspecified atom stereocenters. The maximum absolute atomic E-state index is 14.5. The molecule has 7 nitrogen and oxygen atoms in total. The third kappa shape index (κ3) is 7.46. The topological polar surface area (TPSA) is 79.8 Å². The minimum Gasteiger partial charge on any atom is -0.481 e. The summed E-state index contributed by atoms with van der Waals surface area (Å²) in [5, 5.41) is 1.16. The normalized spacial score (nSPS) is 23.8. The van der Waals surface area contributed by atoms with Crippen molar-refractivity contribution in [2.24, 2.45) is 5.92 Å². The number of ether oxygens (including phenoxy) is 1. The van der Waals surface area contributed by atoms with Crippen LogP contribution in [-0.4, -0.2) is 66.5 Å². The molecule has 0 N–H and O–H groups in total. The predicted molar refractivity (Wildman–Crippen MR) is 169 cm³/mol. The van der Waals surface area contributed by atoms with E-state index in [1.165, 1.54) is 4.31 Å². The standard InChI is InChI=1S/C32H39Cl2N3O4S/c1-5-25(33)15-14-22(3)31-29(23-10-7-11-26(34)18-23)20-24(19-27-12-8-13-30(35-27)41-4)32(38)37(31)28(6-2)21-36-16-9-17-42(36,39)40/h5,7-8,10-15,18,24,28-29,31H,3,6,9,16-17,19-21H2,1-2,4H3/b15-14-,25-5+/t24?,28-,29+,31+/m0/s1. The number of aromatic nitrogens is 1. The predicted octanol–water partition coefficient (Wildman–Crippen LogP) is 6.36. The average Bonchev–Trinajstić information content (AvgIpc) is 3.32. The number of methoxy groups -OCH3 is 1. The number of piperidine rings is 1. The SMILES string of the molecule is C=C(/C=C\C(Cl)=C/C)[C@@H]1[C@@H](c2cccc(Cl)c2)CC(Cc2cccc(OC)n2)C(=O)N1[C@@H](CC)CN1CCCS1(=O)=O. The molecule has 4 rings (SSSR count). The molecule has 226 valence electrons. The van der Waals surface area contributed by atoms with E-state index in [1.54, 1.807) is 25.3 Å². The molecule has 1 aromatic carbocycles. The Hall–Kier alpha value is -2.65. The van der Waals surface area contributed by atoms with Gasteiger partial charge in [-0.3, -0.25) is 4.79 Å². The van der Waals surface area contributed by atoms with Crippen LogP contribution in [0.3, 0.4) is 0 Å². The van der Waals surface area contributed by atoms with Crippen LogP contribution in [0, 0.1) is 5.92 Å². The second kappa shape index (κ2) is 14.2. The monoisotopic (exact) mass is 631 g/mol. The van der Waals surface area contributed by atoms with Crippen molar-refractivity contribution in [1.29, 1.82) is 0 Å². The summed E-state index contributed by atoms with van der Waals surface area (Å²) in [6, 6.07) is 12.5. The van der Waals surface area contributed by atoms with Crippen LogP contribution in [0.25, 0.3) is 0 Å². The Morgan fingerprint density at radius 1 is 1.24 bits per heavy atom. The number of pyridine rings is 1. The van der Waals surface area contributed by atoms with Gasteiger partial charge in [0.15, 0.2) is 0 Å². The molecule has 0 saturated carbocycles. The molecule has 1 amide bonds. The van der Waals surface area contributed by atoms with E-state index < -0.39 is 22.0 Å². The van der Waals surface area contributed by atoms with E-state index in [0.29, 0.717) is 53.7 Å². The molecule has 2 aliphatic rings. The van der Waals surface area contributed by atoms with Gasteiger partial charge in [0, 0.05) is 59.2 Å². The largest absolute Gasteiger partial charge is 0.481 e. The molecule has 0 radical (unpaired) electrons. The van der Waals surface area contributed by atoms with Crippen LogP contribution in [0.1, 0.15) is 50.3 Å².